The average molecular weight is 385 g/mol. The number of sulfonamides is 1. The Morgan fingerprint density at radius 3 is 2.44 bits per heavy atom. The topological polar surface area (TPSA) is 93.7 Å². The lowest BCUT2D eigenvalue weighted by Gasteiger charge is -2.11. The predicted octanol–water partition coefficient (Wildman–Crippen LogP) is 2.27. The van der Waals surface area contributed by atoms with Crippen LogP contribution in [-0.4, -0.2) is 35.1 Å². The van der Waals surface area contributed by atoms with Crippen LogP contribution in [0.25, 0.3) is 0 Å². The van der Waals surface area contributed by atoms with E-state index >= 15 is 0 Å². The molecule has 2 aromatic rings. The molecule has 0 spiro atoms. The van der Waals surface area contributed by atoms with Crippen molar-refractivity contribution in [3.8, 4) is 11.5 Å². The fourth-order valence-corrected chi connectivity index (χ4v) is 3.28. The molecular formula is C16H17ClN2O5S. The first-order chi connectivity index (χ1) is 11.9. The number of amides is 1. The maximum absolute atomic E-state index is 12.1. The lowest BCUT2D eigenvalue weighted by Crippen LogP contribution is -2.32. The monoisotopic (exact) mass is 384 g/mol. The summed E-state index contributed by atoms with van der Waals surface area (Å²) in [7, 11) is -0.858. The number of hydrogen-bond donors (Lipinski definition) is 2. The van der Waals surface area contributed by atoms with Gasteiger partial charge in [0.05, 0.1) is 25.7 Å². The zero-order chi connectivity index (χ0) is 18.4. The van der Waals surface area contributed by atoms with E-state index in [1.807, 2.05) is 0 Å². The maximum Gasteiger partial charge on any atom is 0.241 e. The van der Waals surface area contributed by atoms with Crippen LogP contribution >= 0.6 is 11.6 Å². The van der Waals surface area contributed by atoms with Crippen LogP contribution in [-0.2, 0) is 14.8 Å². The molecule has 0 bridgehead atoms. The van der Waals surface area contributed by atoms with E-state index < -0.39 is 22.5 Å². The van der Waals surface area contributed by atoms with Crippen LogP contribution in [0.5, 0.6) is 11.5 Å². The molecule has 0 aliphatic rings. The van der Waals surface area contributed by atoms with Gasteiger partial charge in [0, 0.05) is 16.8 Å². The first-order valence-corrected chi connectivity index (χ1v) is 8.99. The minimum absolute atomic E-state index is 0.0149. The highest BCUT2D eigenvalue weighted by atomic mass is 35.5. The largest absolute Gasteiger partial charge is 0.493 e. The summed E-state index contributed by atoms with van der Waals surface area (Å²) in [5.74, 6) is 0.430. The molecule has 1 amide bonds. The Balaban J connectivity index is 2.01. The van der Waals surface area contributed by atoms with Gasteiger partial charge in [-0.15, -0.1) is 0 Å². The second kappa shape index (κ2) is 8.19. The lowest BCUT2D eigenvalue weighted by atomic mass is 10.2. The third kappa shape index (κ3) is 5.09. The number of nitrogens with one attached hydrogen (secondary N) is 2. The van der Waals surface area contributed by atoms with Crippen molar-refractivity contribution in [2.45, 2.75) is 4.90 Å². The molecule has 25 heavy (non-hydrogen) atoms. The molecule has 0 unspecified atom stereocenters. The van der Waals surface area contributed by atoms with Crippen LogP contribution in [0.2, 0.25) is 5.02 Å². The molecule has 9 heteroatoms. The summed E-state index contributed by atoms with van der Waals surface area (Å²) in [6.45, 7) is -0.427. The molecule has 0 aromatic heterocycles. The molecule has 0 aliphatic heterocycles. The van der Waals surface area contributed by atoms with E-state index in [1.54, 1.807) is 24.3 Å². The Morgan fingerprint density at radius 2 is 1.80 bits per heavy atom. The van der Waals surface area contributed by atoms with Gasteiger partial charge in [-0.2, -0.15) is 0 Å². The van der Waals surface area contributed by atoms with Gasteiger partial charge in [-0.3, -0.25) is 4.79 Å². The van der Waals surface area contributed by atoms with Gasteiger partial charge >= 0.3 is 0 Å². The number of halogens is 1. The second-order valence-corrected chi connectivity index (χ2v) is 7.10. The van der Waals surface area contributed by atoms with Crippen molar-refractivity contribution in [1.82, 2.24) is 4.72 Å². The van der Waals surface area contributed by atoms with Gasteiger partial charge in [0.15, 0.2) is 11.5 Å². The van der Waals surface area contributed by atoms with Crippen LogP contribution in [0, 0.1) is 0 Å². The number of ether oxygens (including phenoxy) is 2. The van der Waals surface area contributed by atoms with Crippen molar-refractivity contribution < 1.29 is 22.7 Å². The first kappa shape index (κ1) is 19.0. The SMILES string of the molecule is COc1ccc(NC(=O)CNS(=O)(=O)c2cccc(Cl)c2)cc1OC. The standard InChI is InChI=1S/C16H17ClN2O5S/c1-23-14-7-6-12(9-15(14)24-2)19-16(20)10-18-25(21,22)13-5-3-4-11(17)8-13/h3-9,18H,10H2,1-2H3,(H,19,20). The van der Waals surface area contributed by atoms with Crippen molar-refractivity contribution in [3.05, 3.63) is 47.5 Å². The maximum atomic E-state index is 12.1. The zero-order valence-corrected chi connectivity index (χ0v) is 15.1. The number of carbonyl (C=O) groups is 1. The molecule has 0 fully saturated rings. The molecule has 0 saturated heterocycles. The van der Waals surface area contributed by atoms with E-state index in [9.17, 15) is 13.2 Å². The Labute approximate surface area is 151 Å². The minimum Gasteiger partial charge on any atom is -0.493 e. The molecule has 2 rings (SSSR count). The molecule has 0 atom stereocenters. The molecule has 134 valence electrons. The van der Waals surface area contributed by atoms with Crippen molar-refractivity contribution in [2.75, 3.05) is 26.1 Å². The molecule has 2 aromatic carbocycles. The van der Waals surface area contributed by atoms with Crippen LogP contribution in [0.1, 0.15) is 0 Å². The minimum atomic E-state index is -3.83. The Bertz CT molecular complexity index is 871. The third-order valence-corrected chi connectivity index (χ3v) is 4.83. The number of methoxy groups -OCH3 is 2. The van der Waals surface area contributed by atoms with Gasteiger partial charge in [0.1, 0.15) is 0 Å². The van der Waals surface area contributed by atoms with Gasteiger partial charge < -0.3 is 14.8 Å². The van der Waals surface area contributed by atoms with E-state index in [0.29, 0.717) is 17.2 Å². The second-order valence-electron chi connectivity index (χ2n) is 4.90. The summed E-state index contributed by atoms with van der Waals surface area (Å²) < 4.78 is 36.7. The van der Waals surface area contributed by atoms with Crippen molar-refractivity contribution in [2.24, 2.45) is 0 Å². The summed E-state index contributed by atoms with van der Waals surface area (Å²) >= 11 is 5.78. The highest BCUT2D eigenvalue weighted by Gasteiger charge is 2.16. The summed E-state index contributed by atoms with van der Waals surface area (Å²) in [4.78, 5) is 12.0. The Morgan fingerprint density at radius 1 is 1.08 bits per heavy atom. The van der Waals surface area contributed by atoms with Gasteiger partial charge in [-0.05, 0) is 30.3 Å². The number of hydrogen-bond acceptors (Lipinski definition) is 5. The number of rotatable bonds is 7. The first-order valence-electron chi connectivity index (χ1n) is 7.13. The highest BCUT2D eigenvalue weighted by Crippen LogP contribution is 2.29. The number of carbonyl (C=O) groups excluding carboxylic acids is 1. The van der Waals surface area contributed by atoms with Gasteiger partial charge in [-0.25, -0.2) is 13.1 Å². The fraction of sp³-hybridized carbons (Fsp3) is 0.188. The van der Waals surface area contributed by atoms with E-state index in [1.165, 1.54) is 32.4 Å². The smallest absolute Gasteiger partial charge is 0.241 e. The van der Waals surface area contributed by atoms with Crippen molar-refractivity contribution in [1.29, 1.82) is 0 Å². The summed E-state index contributed by atoms with van der Waals surface area (Å²) in [5, 5.41) is 2.87. The lowest BCUT2D eigenvalue weighted by molar-refractivity contribution is -0.115. The normalized spacial score (nSPS) is 11.0. The van der Waals surface area contributed by atoms with Gasteiger partial charge in [0.25, 0.3) is 0 Å². The van der Waals surface area contributed by atoms with E-state index in [0.717, 1.165) is 0 Å². The molecule has 2 N–H and O–H groups in total. The van der Waals surface area contributed by atoms with E-state index in [2.05, 4.69) is 10.0 Å². The van der Waals surface area contributed by atoms with Crippen LogP contribution in [0.3, 0.4) is 0 Å². The summed E-state index contributed by atoms with van der Waals surface area (Å²) in [6.07, 6.45) is 0. The van der Waals surface area contributed by atoms with E-state index in [4.69, 9.17) is 21.1 Å². The summed E-state index contributed by atoms with van der Waals surface area (Å²) in [6, 6.07) is 10.6. The molecule has 0 heterocycles. The quantitative estimate of drug-likeness (QED) is 0.763. The highest BCUT2D eigenvalue weighted by molar-refractivity contribution is 7.89. The van der Waals surface area contributed by atoms with Crippen LogP contribution in [0.4, 0.5) is 5.69 Å². The fourth-order valence-electron chi connectivity index (χ4n) is 2.00. The molecule has 0 aliphatic carbocycles. The molecule has 0 radical (unpaired) electrons. The van der Waals surface area contributed by atoms with Crippen LogP contribution in [0.15, 0.2) is 47.4 Å². The van der Waals surface area contributed by atoms with E-state index in [-0.39, 0.29) is 9.92 Å². The number of anilines is 1. The summed E-state index contributed by atoms with van der Waals surface area (Å²) in [5.41, 5.74) is 0.449. The Hall–Kier alpha value is -2.29. The average Bonchev–Trinajstić information content (AvgIpc) is 2.60. The van der Waals surface area contributed by atoms with Crippen LogP contribution < -0.4 is 19.5 Å². The molecular weight excluding hydrogens is 368 g/mol. The van der Waals surface area contributed by atoms with Crippen molar-refractivity contribution >= 4 is 33.2 Å². The Kier molecular flexibility index (Phi) is 6.24. The molecule has 7 nitrogen and oxygen atoms in total. The zero-order valence-electron chi connectivity index (χ0n) is 13.6. The van der Waals surface area contributed by atoms with Gasteiger partial charge in [-0.1, -0.05) is 17.7 Å². The van der Waals surface area contributed by atoms with Crippen molar-refractivity contribution in [3.63, 3.8) is 0 Å². The van der Waals surface area contributed by atoms with Gasteiger partial charge in [0.2, 0.25) is 15.9 Å². The predicted molar refractivity (Wildman–Crippen MR) is 94.8 cm³/mol. The third-order valence-electron chi connectivity index (χ3n) is 3.20. The molecule has 0 saturated carbocycles. The number of benzene rings is 2.